The molecule has 1 N–H and O–H groups in total. The highest BCUT2D eigenvalue weighted by molar-refractivity contribution is 6.42. The number of nitrogens with one attached hydrogen (secondary N) is 1. The van der Waals surface area contributed by atoms with E-state index in [-0.39, 0.29) is 16.8 Å². The van der Waals surface area contributed by atoms with Gasteiger partial charge in [0.15, 0.2) is 5.78 Å². The van der Waals surface area contributed by atoms with Gasteiger partial charge < -0.3 is 5.32 Å². The Kier molecular flexibility index (Phi) is 5.97. The van der Waals surface area contributed by atoms with Crippen LogP contribution >= 0.6 is 23.2 Å². The number of benzene rings is 1. The second-order valence-corrected chi connectivity index (χ2v) is 5.59. The van der Waals surface area contributed by atoms with Gasteiger partial charge in [0.2, 0.25) is 5.43 Å². The third-order valence-electron chi connectivity index (χ3n) is 3.13. The summed E-state index contributed by atoms with van der Waals surface area (Å²) in [6, 6.07) is 11.6. The van der Waals surface area contributed by atoms with Gasteiger partial charge in [-0.2, -0.15) is 0 Å². The molecule has 0 radical (unpaired) electrons. The Hall–Kier alpha value is -2.10. The number of anilines is 1. The zero-order valence-corrected chi connectivity index (χ0v) is 14.0. The van der Waals surface area contributed by atoms with E-state index in [0.29, 0.717) is 22.3 Å². The van der Waals surface area contributed by atoms with Gasteiger partial charge in [-0.05, 0) is 42.8 Å². The molecular weight excluding hydrogens is 333 g/mol. The number of carbonyl (C=O) groups excluding carboxylic acids is 1. The first-order valence-electron chi connectivity index (χ1n) is 7.07. The number of hydrogen-bond donors (Lipinski definition) is 1. The number of hydrogen-bond acceptors (Lipinski definition) is 3. The Morgan fingerprint density at radius 1 is 1.13 bits per heavy atom. The molecule has 3 nitrogen and oxygen atoms in total. The van der Waals surface area contributed by atoms with Crippen molar-refractivity contribution >= 4 is 40.7 Å². The number of carbonyl (C=O) groups is 1. The van der Waals surface area contributed by atoms with Crippen molar-refractivity contribution in [2.24, 2.45) is 0 Å². The second-order valence-electron chi connectivity index (χ2n) is 4.78. The summed E-state index contributed by atoms with van der Waals surface area (Å²) in [7, 11) is 0. The first-order chi connectivity index (χ1) is 11.0. The quantitative estimate of drug-likeness (QED) is 0.630. The minimum Gasteiger partial charge on any atom is -0.382 e. The van der Waals surface area contributed by atoms with E-state index >= 15 is 0 Å². The molecule has 0 saturated heterocycles. The van der Waals surface area contributed by atoms with Crippen LogP contribution in [0, 0.1) is 0 Å². The van der Waals surface area contributed by atoms with Gasteiger partial charge in [-0.3, -0.25) is 9.59 Å². The molecular formula is C18H15Cl2NO2. The fourth-order valence-corrected chi connectivity index (χ4v) is 2.31. The van der Waals surface area contributed by atoms with E-state index in [9.17, 15) is 9.59 Å². The maximum absolute atomic E-state index is 12.4. The number of halogens is 2. The van der Waals surface area contributed by atoms with Gasteiger partial charge in [-0.25, -0.2) is 0 Å². The SMILES string of the molecule is CCNc1ccccc(C(=O)C=Cc2ccc(Cl)c(Cl)c2)c1=O. The smallest absolute Gasteiger partial charge is 0.212 e. The van der Waals surface area contributed by atoms with Crippen molar-refractivity contribution in [3.63, 3.8) is 0 Å². The molecule has 0 fully saturated rings. The van der Waals surface area contributed by atoms with Crippen molar-refractivity contribution < 1.29 is 4.79 Å². The van der Waals surface area contributed by atoms with Crippen molar-refractivity contribution in [2.45, 2.75) is 6.92 Å². The second kappa shape index (κ2) is 7.95. The van der Waals surface area contributed by atoms with Crippen LogP contribution in [0.15, 0.2) is 53.3 Å². The highest BCUT2D eigenvalue weighted by Crippen LogP contribution is 2.23. The van der Waals surface area contributed by atoms with E-state index < -0.39 is 0 Å². The summed E-state index contributed by atoms with van der Waals surface area (Å²) in [5, 5.41) is 3.81. The zero-order valence-electron chi connectivity index (χ0n) is 12.5. The Balaban J connectivity index is 2.32. The maximum Gasteiger partial charge on any atom is 0.212 e. The molecule has 0 amide bonds. The molecule has 0 spiro atoms. The van der Waals surface area contributed by atoms with Crippen LogP contribution in [0.1, 0.15) is 22.8 Å². The van der Waals surface area contributed by atoms with Gasteiger partial charge in [0.05, 0.1) is 21.3 Å². The fourth-order valence-electron chi connectivity index (χ4n) is 2.00. The summed E-state index contributed by atoms with van der Waals surface area (Å²) in [5.41, 5.74) is 0.930. The van der Waals surface area contributed by atoms with Gasteiger partial charge in [0, 0.05) is 6.54 Å². The molecule has 23 heavy (non-hydrogen) atoms. The van der Waals surface area contributed by atoms with E-state index in [1.807, 2.05) is 6.92 Å². The maximum atomic E-state index is 12.4. The summed E-state index contributed by atoms with van der Waals surface area (Å²) >= 11 is 11.8. The van der Waals surface area contributed by atoms with Crippen molar-refractivity contribution in [3.05, 3.63) is 79.9 Å². The van der Waals surface area contributed by atoms with E-state index in [1.165, 1.54) is 12.1 Å². The lowest BCUT2D eigenvalue weighted by molar-refractivity contribution is 0.104. The lowest BCUT2D eigenvalue weighted by Crippen LogP contribution is -2.15. The van der Waals surface area contributed by atoms with Gasteiger partial charge in [-0.1, -0.05) is 47.5 Å². The molecule has 0 bridgehead atoms. The van der Waals surface area contributed by atoms with E-state index in [4.69, 9.17) is 23.2 Å². The summed E-state index contributed by atoms with van der Waals surface area (Å²) in [6.07, 6.45) is 2.95. The molecule has 2 aromatic rings. The Bertz CT molecular complexity index is 816. The largest absolute Gasteiger partial charge is 0.382 e. The van der Waals surface area contributed by atoms with E-state index in [0.717, 1.165) is 5.56 Å². The first-order valence-corrected chi connectivity index (χ1v) is 7.83. The third-order valence-corrected chi connectivity index (χ3v) is 3.87. The lowest BCUT2D eigenvalue weighted by Gasteiger charge is -1.99. The Labute approximate surface area is 144 Å². The molecule has 0 unspecified atom stereocenters. The average molecular weight is 348 g/mol. The summed E-state index contributed by atoms with van der Waals surface area (Å²) in [4.78, 5) is 24.7. The van der Waals surface area contributed by atoms with Crippen molar-refractivity contribution in [3.8, 4) is 0 Å². The van der Waals surface area contributed by atoms with Gasteiger partial charge in [-0.15, -0.1) is 0 Å². The highest BCUT2D eigenvalue weighted by Gasteiger charge is 2.09. The Morgan fingerprint density at radius 2 is 1.87 bits per heavy atom. The highest BCUT2D eigenvalue weighted by atomic mass is 35.5. The molecule has 0 aromatic heterocycles. The fraction of sp³-hybridized carbons (Fsp3) is 0.111. The van der Waals surface area contributed by atoms with Crippen LogP contribution in [0.5, 0.6) is 0 Å². The molecule has 2 rings (SSSR count). The average Bonchev–Trinajstić information content (AvgIpc) is 2.71. The first kappa shape index (κ1) is 17.3. The molecule has 0 saturated carbocycles. The predicted molar refractivity (Wildman–Crippen MR) is 96.7 cm³/mol. The molecule has 0 aliphatic rings. The standard InChI is InChI=1S/C18H15Cl2NO2/c1-2-21-16-6-4-3-5-13(18(16)23)17(22)10-8-12-7-9-14(19)15(20)11-12/h3-11H,2H2,1H3,(H,21,23). The molecule has 0 heterocycles. The van der Waals surface area contributed by atoms with Gasteiger partial charge in [0.1, 0.15) is 0 Å². The summed E-state index contributed by atoms with van der Waals surface area (Å²) in [5.74, 6) is -0.364. The van der Waals surface area contributed by atoms with E-state index in [2.05, 4.69) is 5.32 Å². The normalized spacial score (nSPS) is 10.7. The zero-order chi connectivity index (χ0) is 16.8. The third kappa shape index (κ3) is 4.44. The number of rotatable bonds is 5. The van der Waals surface area contributed by atoms with E-state index in [1.54, 1.807) is 42.5 Å². The molecule has 0 aliphatic carbocycles. The molecule has 2 aromatic carbocycles. The van der Waals surface area contributed by atoms with Crippen LogP contribution in [0.2, 0.25) is 10.0 Å². The number of allylic oxidation sites excluding steroid dienone is 1. The summed E-state index contributed by atoms with van der Waals surface area (Å²) in [6.45, 7) is 2.49. The predicted octanol–water partition coefficient (Wildman–Crippen LogP) is 4.68. The van der Waals surface area contributed by atoms with Crippen molar-refractivity contribution in [1.29, 1.82) is 0 Å². The minimum absolute atomic E-state index is 0.113. The monoisotopic (exact) mass is 347 g/mol. The topological polar surface area (TPSA) is 46.2 Å². The minimum atomic E-state index is -0.364. The molecule has 0 aliphatic heterocycles. The Morgan fingerprint density at radius 3 is 2.57 bits per heavy atom. The van der Waals surface area contributed by atoms with Crippen molar-refractivity contribution in [2.75, 3.05) is 11.9 Å². The molecule has 118 valence electrons. The van der Waals surface area contributed by atoms with Crippen LogP contribution in [0.4, 0.5) is 5.69 Å². The van der Waals surface area contributed by atoms with Crippen LogP contribution < -0.4 is 10.7 Å². The molecule has 0 atom stereocenters. The van der Waals surface area contributed by atoms with Crippen LogP contribution in [0.3, 0.4) is 0 Å². The number of ketones is 1. The van der Waals surface area contributed by atoms with Crippen molar-refractivity contribution in [1.82, 2.24) is 0 Å². The van der Waals surface area contributed by atoms with Crippen LogP contribution in [-0.2, 0) is 0 Å². The lowest BCUT2D eigenvalue weighted by atomic mass is 10.1. The van der Waals surface area contributed by atoms with Crippen LogP contribution in [-0.4, -0.2) is 12.3 Å². The van der Waals surface area contributed by atoms with Gasteiger partial charge in [0.25, 0.3) is 0 Å². The molecule has 5 heteroatoms. The summed E-state index contributed by atoms with van der Waals surface area (Å²) < 4.78 is 0. The van der Waals surface area contributed by atoms with Gasteiger partial charge >= 0.3 is 0 Å². The van der Waals surface area contributed by atoms with Crippen LogP contribution in [0.25, 0.3) is 6.08 Å².